The molecule has 1 aromatic heterocycles. The Bertz CT molecular complexity index is 299. The molecule has 0 aromatic carbocycles. The van der Waals surface area contributed by atoms with Gasteiger partial charge in [-0.15, -0.1) is 11.3 Å². The van der Waals surface area contributed by atoms with Gasteiger partial charge in [0.2, 0.25) is 0 Å². The Morgan fingerprint density at radius 1 is 1.67 bits per heavy atom. The van der Waals surface area contributed by atoms with Crippen LogP contribution in [-0.4, -0.2) is 13.1 Å². The highest BCUT2D eigenvalue weighted by atomic mass is 32.1. The summed E-state index contributed by atoms with van der Waals surface area (Å²) in [5.74, 6) is -0.318. The van der Waals surface area contributed by atoms with E-state index >= 15 is 0 Å². The second-order valence-corrected chi connectivity index (χ2v) is 3.33. The summed E-state index contributed by atoms with van der Waals surface area (Å²) in [6, 6.07) is 2.02. The molecule has 0 saturated heterocycles. The fourth-order valence-corrected chi connectivity index (χ4v) is 1.55. The van der Waals surface area contributed by atoms with Crippen molar-refractivity contribution in [1.82, 2.24) is 0 Å². The number of esters is 1. The number of ether oxygens (including phenoxy) is 1. The monoisotopic (exact) mass is 182 g/mol. The average molecular weight is 182 g/mol. The van der Waals surface area contributed by atoms with Crippen LogP contribution in [0.2, 0.25) is 0 Å². The minimum atomic E-state index is -0.318. The first-order valence-corrected chi connectivity index (χ1v) is 4.41. The maximum atomic E-state index is 10.7. The van der Waals surface area contributed by atoms with E-state index < -0.39 is 0 Å². The van der Waals surface area contributed by atoms with Crippen LogP contribution in [0, 0.1) is 6.92 Å². The number of carbonyl (C=O) groups is 1. The zero-order chi connectivity index (χ0) is 8.97. The number of carbonyl (C=O) groups excluding carboxylic acids is 1. The standard InChI is InChI=1S/C9H10O2S/c1-7-5-8(12-6-7)3-4-9(10)11-2/h3-6H,1-2H3. The van der Waals surface area contributed by atoms with Gasteiger partial charge in [-0.2, -0.15) is 0 Å². The highest BCUT2D eigenvalue weighted by Gasteiger charge is 1.93. The predicted octanol–water partition coefficient (Wildman–Crippen LogP) is 2.24. The Morgan fingerprint density at radius 3 is 2.92 bits per heavy atom. The van der Waals surface area contributed by atoms with Gasteiger partial charge in [-0.1, -0.05) is 0 Å². The van der Waals surface area contributed by atoms with Crippen molar-refractivity contribution in [1.29, 1.82) is 0 Å². The lowest BCUT2D eigenvalue weighted by molar-refractivity contribution is -0.134. The van der Waals surface area contributed by atoms with Crippen molar-refractivity contribution in [3.8, 4) is 0 Å². The van der Waals surface area contributed by atoms with Gasteiger partial charge in [-0.05, 0) is 30.0 Å². The Hall–Kier alpha value is -1.09. The number of rotatable bonds is 2. The molecule has 0 aliphatic rings. The Balaban J connectivity index is 2.63. The molecular weight excluding hydrogens is 172 g/mol. The molecule has 1 aromatic rings. The Kier molecular flexibility index (Phi) is 3.05. The SMILES string of the molecule is COC(=O)C=Cc1cc(C)cs1. The third-order valence-electron chi connectivity index (χ3n) is 1.34. The van der Waals surface area contributed by atoms with Gasteiger partial charge in [-0.25, -0.2) is 4.79 Å². The van der Waals surface area contributed by atoms with E-state index in [-0.39, 0.29) is 5.97 Å². The van der Waals surface area contributed by atoms with Crippen molar-refractivity contribution in [2.45, 2.75) is 6.92 Å². The van der Waals surface area contributed by atoms with Crippen molar-refractivity contribution in [2.24, 2.45) is 0 Å². The molecule has 0 unspecified atom stereocenters. The minimum Gasteiger partial charge on any atom is -0.466 e. The van der Waals surface area contributed by atoms with Crippen LogP contribution in [0.5, 0.6) is 0 Å². The molecule has 2 nitrogen and oxygen atoms in total. The lowest BCUT2D eigenvalue weighted by Gasteiger charge is -1.87. The lowest BCUT2D eigenvalue weighted by Crippen LogP contribution is -1.92. The van der Waals surface area contributed by atoms with Gasteiger partial charge >= 0.3 is 5.97 Å². The normalized spacial score (nSPS) is 10.5. The molecule has 0 N–H and O–H groups in total. The molecule has 0 spiro atoms. The molecule has 0 bridgehead atoms. The zero-order valence-corrected chi connectivity index (χ0v) is 7.85. The lowest BCUT2D eigenvalue weighted by atomic mass is 10.3. The molecule has 0 radical (unpaired) electrons. The summed E-state index contributed by atoms with van der Waals surface area (Å²) in [5.41, 5.74) is 1.21. The fourth-order valence-electron chi connectivity index (χ4n) is 0.759. The van der Waals surface area contributed by atoms with Crippen LogP contribution >= 0.6 is 11.3 Å². The Labute approximate surface area is 75.5 Å². The second kappa shape index (κ2) is 4.07. The van der Waals surface area contributed by atoms with Gasteiger partial charge in [0.25, 0.3) is 0 Å². The Morgan fingerprint density at radius 2 is 2.42 bits per heavy atom. The molecule has 3 heteroatoms. The smallest absolute Gasteiger partial charge is 0.330 e. The second-order valence-electron chi connectivity index (χ2n) is 2.38. The maximum absolute atomic E-state index is 10.7. The number of thiophene rings is 1. The third-order valence-corrected chi connectivity index (χ3v) is 2.35. The van der Waals surface area contributed by atoms with E-state index in [1.54, 1.807) is 17.4 Å². The first-order chi connectivity index (χ1) is 5.72. The summed E-state index contributed by atoms with van der Waals surface area (Å²) in [5, 5.41) is 2.04. The summed E-state index contributed by atoms with van der Waals surface area (Å²) >= 11 is 1.61. The molecule has 0 aliphatic carbocycles. The molecular formula is C9H10O2S. The highest BCUT2D eigenvalue weighted by Crippen LogP contribution is 2.14. The van der Waals surface area contributed by atoms with Crippen molar-refractivity contribution in [2.75, 3.05) is 7.11 Å². The highest BCUT2D eigenvalue weighted by molar-refractivity contribution is 7.11. The van der Waals surface area contributed by atoms with Crippen LogP contribution in [0.4, 0.5) is 0 Å². The number of aryl methyl sites for hydroxylation is 1. The van der Waals surface area contributed by atoms with Crippen LogP contribution in [0.1, 0.15) is 10.4 Å². The van der Waals surface area contributed by atoms with Crippen LogP contribution in [-0.2, 0) is 9.53 Å². The predicted molar refractivity (Wildman–Crippen MR) is 50.1 cm³/mol. The number of methoxy groups -OCH3 is 1. The van der Waals surface area contributed by atoms with E-state index in [1.165, 1.54) is 18.7 Å². The van der Waals surface area contributed by atoms with Crippen LogP contribution in [0.3, 0.4) is 0 Å². The van der Waals surface area contributed by atoms with Gasteiger partial charge in [0.15, 0.2) is 0 Å². The van der Waals surface area contributed by atoms with Crippen molar-refractivity contribution in [3.63, 3.8) is 0 Å². The van der Waals surface area contributed by atoms with E-state index in [0.29, 0.717) is 0 Å². The van der Waals surface area contributed by atoms with Crippen molar-refractivity contribution >= 4 is 23.4 Å². The van der Waals surface area contributed by atoms with Gasteiger partial charge in [0, 0.05) is 11.0 Å². The van der Waals surface area contributed by atoms with Gasteiger partial charge in [0.05, 0.1) is 7.11 Å². The molecule has 0 fully saturated rings. The van der Waals surface area contributed by atoms with Crippen molar-refractivity contribution in [3.05, 3.63) is 28.0 Å². The van der Waals surface area contributed by atoms with E-state index in [2.05, 4.69) is 4.74 Å². The van der Waals surface area contributed by atoms with E-state index in [4.69, 9.17) is 0 Å². The minimum absolute atomic E-state index is 0.318. The molecule has 64 valence electrons. The van der Waals surface area contributed by atoms with E-state index in [9.17, 15) is 4.79 Å². The summed E-state index contributed by atoms with van der Waals surface area (Å²) in [6.45, 7) is 2.02. The average Bonchev–Trinajstić information content (AvgIpc) is 2.47. The molecule has 12 heavy (non-hydrogen) atoms. The largest absolute Gasteiger partial charge is 0.466 e. The van der Waals surface area contributed by atoms with Gasteiger partial charge in [-0.3, -0.25) is 0 Å². The number of hydrogen-bond acceptors (Lipinski definition) is 3. The molecule has 0 amide bonds. The summed E-state index contributed by atoms with van der Waals surface area (Å²) < 4.78 is 4.46. The molecule has 0 atom stereocenters. The first-order valence-electron chi connectivity index (χ1n) is 3.53. The fraction of sp³-hybridized carbons (Fsp3) is 0.222. The third kappa shape index (κ3) is 2.51. The zero-order valence-electron chi connectivity index (χ0n) is 7.03. The molecule has 1 heterocycles. The summed E-state index contributed by atoms with van der Waals surface area (Å²) in [6.07, 6.45) is 3.18. The maximum Gasteiger partial charge on any atom is 0.330 e. The van der Waals surface area contributed by atoms with Crippen LogP contribution < -0.4 is 0 Å². The quantitative estimate of drug-likeness (QED) is 0.518. The summed E-state index contributed by atoms with van der Waals surface area (Å²) in [7, 11) is 1.37. The summed E-state index contributed by atoms with van der Waals surface area (Å²) in [4.78, 5) is 11.8. The molecule has 1 rings (SSSR count). The number of hydrogen-bond donors (Lipinski definition) is 0. The van der Waals surface area contributed by atoms with Gasteiger partial charge in [0.1, 0.15) is 0 Å². The van der Waals surface area contributed by atoms with Gasteiger partial charge < -0.3 is 4.74 Å². The topological polar surface area (TPSA) is 26.3 Å². The van der Waals surface area contributed by atoms with Crippen molar-refractivity contribution < 1.29 is 9.53 Å². The van der Waals surface area contributed by atoms with E-state index in [0.717, 1.165) is 4.88 Å². The first kappa shape index (κ1) is 9.00. The molecule has 0 aliphatic heterocycles. The van der Waals surface area contributed by atoms with E-state index in [1.807, 2.05) is 18.4 Å². The van der Waals surface area contributed by atoms with Crippen LogP contribution in [0.25, 0.3) is 6.08 Å². The molecule has 0 saturated carbocycles. The van der Waals surface area contributed by atoms with Crippen LogP contribution in [0.15, 0.2) is 17.5 Å².